The van der Waals surface area contributed by atoms with Crippen molar-refractivity contribution in [2.45, 2.75) is 0 Å². The minimum atomic E-state index is 0.124. The molecule has 0 atom stereocenters. The molecule has 6 heterocycles. The Morgan fingerprint density at radius 1 is 0.175 bits per heavy atom. The Balaban J connectivity index is 0.577. The molecule has 6 aromatic heterocycles. The van der Waals surface area contributed by atoms with Crippen LogP contribution in [0.15, 0.2) is 431 Å². The molecule has 0 aliphatic carbocycles. The Kier molecular flexibility index (Phi) is 21.0. The second kappa shape index (κ2) is 34.1. The van der Waals surface area contributed by atoms with Crippen LogP contribution in [0.25, 0.3) is 201 Å². The lowest BCUT2D eigenvalue weighted by Crippen LogP contribution is -1.95. The predicted octanol–water partition coefficient (Wildman–Crippen LogP) is 28.0. The maximum absolute atomic E-state index is 9.99. The highest BCUT2D eigenvalue weighted by molar-refractivity contribution is 5.98. The van der Waals surface area contributed by atoms with E-state index in [2.05, 4.69) is 295 Å². The van der Waals surface area contributed by atoms with E-state index in [1.54, 1.807) is 18.3 Å². The van der Waals surface area contributed by atoms with Gasteiger partial charge in [0.15, 0.2) is 5.75 Å². The van der Waals surface area contributed by atoms with Crippen LogP contribution < -0.4 is 21.9 Å². The van der Waals surface area contributed by atoms with Crippen LogP contribution in [0.4, 0.5) is 17.1 Å². The van der Waals surface area contributed by atoms with Gasteiger partial charge in [-0.05, 0) is 244 Å². The first kappa shape index (κ1) is 77.4. The number of nitrogens with two attached hydrogens (primary N) is 3. The van der Waals surface area contributed by atoms with Gasteiger partial charge in [-0.2, -0.15) is 0 Å². The molecule has 0 saturated heterocycles. The fraction of sp³-hybridized carbons (Fsp3) is 0. The molecule has 0 amide bonds. The van der Waals surface area contributed by atoms with Crippen LogP contribution in [-0.4, -0.2) is 40.1 Å². The van der Waals surface area contributed by atoms with E-state index in [0.29, 0.717) is 28.6 Å². The lowest BCUT2D eigenvalue weighted by molar-refractivity contribution is 0.472. The van der Waals surface area contributed by atoms with Gasteiger partial charge in [-0.15, -0.1) is 0 Å². The number of nitrogen functional groups attached to an aromatic ring is 3. The number of aromatic hydroxyl groups is 2. The second-order valence-electron chi connectivity index (χ2n) is 31.2. The number of pyridine rings is 6. The van der Waals surface area contributed by atoms with Crippen molar-refractivity contribution in [2.24, 2.45) is 0 Å². The monoisotopic (exact) mass is 1620 g/mol. The molecule has 12 heteroatoms. The zero-order chi connectivity index (χ0) is 85.0. The van der Waals surface area contributed by atoms with E-state index in [9.17, 15) is 10.2 Å². The molecule has 0 bridgehead atoms. The van der Waals surface area contributed by atoms with Crippen LogP contribution in [0.3, 0.4) is 0 Å². The molecule has 126 heavy (non-hydrogen) atoms. The van der Waals surface area contributed by atoms with Crippen LogP contribution in [0.2, 0.25) is 0 Å². The van der Waals surface area contributed by atoms with E-state index < -0.39 is 0 Å². The molecule has 12 nitrogen and oxygen atoms in total. The van der Waals surface area contributed by atoms with Crippen LogP contribution in [0.1, 0.15) is 0 Å². The van der Waals surface area contributed by atoms with Gasteiger partial charge in [-0.25, -0.2) is 0 Å². The molecule has 0 saturated carbocycles. The molecule has 0 aliphatic heterocycles. The third kappa shape index (κ3) is 16.2. The van der Waals surface area contributed by atoms with Crippen molar-refractivity contribution in [3.05, 3.63) is 431 Å². The first-order valence-electron chi connectivity index (χ1n) is 41.6. The lowest BCUT2D eigenvalue weighted by atomic mass is 9.86. The van der Waals surface area contributed by atoms with Crippen molar-refractivity contribution in [1.82, 2.24) is 29.9 Å². The Morgan fingerprint density at radius 2 is 0.389 bits per heavy atom. The zero-order valence-electron chi connectivity index (χ0n) is 68.2. The number of rotatable bonds is 20. The summed E-state index contributed by atoms with van der Waals surface area (Å²) in [6, 6.07) is 135. The third-order valence-electron chi connectivity index (χ3n) is 23.2. The topological polar surface area (TPSA) is 205 Å². The number of ether oxygens (including phenoxy) is 1. The molecule has 8 N–H and O–H groups in total. The van der Waals surface area contributed by atoms with Crippen molar-refractivity contribution in [3.63, 3.8) is 0 Å². The number of hydrogen-bond acceptors (Lipinski definition) is 12. The molecule has 20 rings (SSSR count). The molecule has 598 valence electrons. The molecule has 0 radical (unpaired) electrons. The largest absolute Gasteiger partial charge is 0.506 e. The quantitative estimate of drug-likeness (QED) is 0.0452. The molecule has 0 spiro atoms. The summed E-state index contributed by atoms with van der Waals surface area (Å²) in [5.41, 5.74) is 56.3. The lowest BCUT2D eigenvalue weighted by Gasteiger charge is -2.18. The molecule has 20 aromatic rings. The fourth-order valence-electron chi connectivity index (χ4n) is 16.7. The van der Waals surface area contributed by atoms with Crippen molar-refractivity contribution in [2.75, 3.05) is 17.2 Å². The molecule has 0 aliphatic rings. The number of hydrogen-bond donors (Lipinski definition) is 5. The molecule has 14 aromatic carbocycles. The van der Waals surface area contributed by atoms with Crippen molar-refractivity contribution in [1.29, 1.82) is 0 Å². The second-order valence-corrected chi connectivity index (χ2v) is 31.2. The summed E-state index contributed by atoms with van der Waals surface area (Å²) in [5.74, 6) is 1.26. The maximum atomic E-state index is 9.99. The summed E-state index contributed by atoms with van der Waals surface area (Å²) in [5, 5.41) is 20.0. The fourth-order valence-corrected chi connectivity index (χ4v) is 16.7. The minimum Gasteiger partial charge on any atom is -0.506 e. The summed E-state index contributed by atoms with van der Waals surface area (Å²) < 4.78 is 6.58. The van der Waals surface area contributed by atoms with Crippen molar-refractivity contribution < 1.29 is 14.9 Å². The van der Waals surface area contributed by atoms with Gasteiger partial charge in [0.25, 0.3) is 0 Å². The highest BCUT2D eigenvalue weighted by Crippen LogP contribution is 2.47. The molecular weight excluding hydrogens is 1540 g/mol. The normalized spacial score (nSPS) is 11.2. The highest BCUT2D eigenvalue weighted by atomic mass is 16.5. The minimum absolute atomic E-state index is 0.124. The SMILES string of the molecule is Nc1ccc(-c2ccc(-c3ccccc3-c3cc(-c4ccccc4-c4ccc(-c5ccc(N)cc5)nc4)cc(-c4ccccc4-c4ccc(-c5ccc(N)c(Oc6ccc(-c7ccc(-c8ccccc8-c8cc(-c9ccccc9-c9ccc(-c%10ccc(O)cn%10)cc9)cc(-c9ccccc9-c9ccc(-c%10ccc(O)cn%10)cc9)c8)cc7)nc6)c5)nc4)c3)cn2)cc1. The number of aromatic nitrogens is 6. The van der Waals surface area contributed by atoms with Gasteiger partial charge < -0.3 is 32.2 Å². The van der Waals surface area contributed by atoms with Crippen LogP contribution in [-0.2, 0) is 0 Å². The summed E-state index contributed by atoms with van der Waals surface area (Å²) in [7, 11) is 0. The van der Waals surface area contributed by atoms with E-state index in [1.807, 2.05) is 116 Å². The first-order chi connectivity index (χ1) is 61.9. The number of nitrogens with zero attached hydrogens (tertiary/aromatic N) is 6. The van der Waals surface area contributed by atoms with Crippen molar-refractivity contribution in [3.8, 4) is 224 Å². The van der Waals surface area contributed by atoms with E-state index in [4.69, 9.17) is 41.9 Å². The van der Waals surface area contributed by atoms with E-state index in [-0.39, 0.29) is 11.5 Å². The Morgan fingerprint density at radius 3 is 0.643 bits per heavy atom. The first-order valence-corrected chi connectivity index (χ1v) is 41.6. The standard InChI is InChI=1S/C114H79N9O3/c115-90-45-37-78(38-46-90)108-53-42-81(66-118-108)98-16-4-10-22-104(98)87-62-88(105-23-11-5-17-99(105)82-43-54-109(119-67-82)79-39-47-91(116)48-40-79)64-89(63-87)106-24-12-6-18-100(106)83-44-55-113(120-68-83)80-41-52-107(117)114(65-80)126-94-51-58-112(123-71-94)77-35-29-74(30-36-77)97-15-3-9-21-103(97)86-60-84(101-19-7-1-13-95(101)72-25-31-75(32-26-72)110-56-49-92(124)69-121-110)59-85(61-86)102-20-8-2-14-96(102)73-27-33-76(34-28-73)111-57-50-93(125)70-122-111/h1-71,124-125H,115-117H2. The van der Waals surface area contributed by atoms with Gasteiger partial charge in [-0.1, -0.05) is 267 Å². The van der Waals surface area contributed by atoms with Crippen molar-refractivity contribution >= 4 is 17.1 Å². The molecular formula is C114H79N9O3. The summed E-state index contributed by atoms with van der Waals surface area (Å²) in [6.45, 7) is 0. The number of anilines is 3. The predicted molar refractivity (Wildman–Crippen MR) is 514 cm³/mol. The highest BCUT2D eigenvalue weighted by Gasteiger charge is 2.22. The Labute approximate surface area is 730 Å². The van der Waals surface area contributed by atoms with Gasteiger partial charge in [-0.3, -0.25) is 29.9 Å². The molecule has 0 fully saturated rings. The summed E-state index contributed by atoms with van der Waals surface area (Å²) in [6.07, 6.45) is 10.5. The van der Waals surface area contributed by atoms with E-state index in [0.717, 1.165) is 201 Å². The van der Waals surface area contributed by atoms with E-state index >= 15 is 0 Å². The van der Waals surface area contributed by atoms with Gasteiger partial charge in [0.1, 0.15) is 17.2 Å². The van der Waals surface area contributed by atoms with E-state index in [1.165, 1.54) is 12.4 Å². The van der Waals surface area contributed by atoms with Gasteiger partial charge in [0.2, 0.25) is 0 Å². The Bertz CT molecular complexity index is 7080. The Hall–Kier alpha value is -17.2. The van der Waals surface area contributed by atoms with Gasteiger partial charge in [0.05, 0.1) is 58.4 Å². The van der Waals surface area contributed by atoms with Gasteiger partial charge >= 0.3 is 0 Å². The average molecular weight is 1620 g/mol. The smallest absolute Gasteiger partial charge is 0.151 e. The van der Waals surface area contributed by atoms with Crippen LogP contribution in [0, 0.1) is 0 Å². The van der Waals surface area contributed by atoms with Gasteiger partial charge in [0, 0.05) is 80.0 Å². The summed E-state index contributed by atoms with van der Waals surface area (Å²) >= 11 is 0. The average Bonchev–Trinajstić information content (AvgIpc) is 0.769. The third-order valence-corrected chi connectivity index (χ3v) is 23.2. The number of benzene rings is 14. The van der Waals surface area contributed by atoms with Crippen LogP contribution >= 0.6 is 0 Å². The zero-order valence-corrected chi connectivity index (χ0v) is 68.2. The van der Waals surface area contributed by atoms with Crippen LogP contribution in [0.5, 0.6) is 23.0 Å². The summed E-state index contributed by atoms with van der Waals surface area (Å²) in [4.78, 5) is 29.0. The molecule has 0 unspecified atom stereocenters. The maximum Gasteiger partial charge on any atom is 0.151 e.